The highest BCUT2D eigenvalue weighted by molar-refractivity contribution is 6.47. The van der Waals surface area contributed by atoms with Gasteiger partial charge >= 0.3 is 0 Å². The van der Waals surface area contributed by atoms with E-state index in [1.807, 2.05) is 6.21 Å². The number of nitrogens with zero attached hydrogens (tertiary/aromatic N) is 1. The maximum atomic E-state index is 10.5. The average Bonchev–Trinajstić information content (AvgIpc) is 2.69. The fraction of sp³-hybridized carbons (Fsp3) is 0.222. The number of ketones is 2. The van der Waals surface area contributed by atoms with Gasteiger partial charge in [0.1, 0.15) is 0 Å². The lowest BCUT2D eigenvalue weighted by Gasteiger charge is -1.94. The Morgan fingerprint density at radius 2 is 2.14 bits per heavy atom. The Hall–Kier alpha value is -1.42. The first-order chi connectivity index (χ1) is 6.70. The molecule has 0 atom stereocenters. The molecule has 0 aromatic heterocycles. The predicted octanol–water partition coefficient (Wildman–Crippen LogP) is 0.783. The van der Waals surface area contributed by atoms with Gasteiger partial charge in [0.05, 0.1) is 5.03 Å². The highest BCUT2D eigenvalue weighted by atomic mass is 35.5. The van der Waals surface area contributed by atoms with Crippen LogP contribution < -0.4 is 5.43 Å². The van der Waals surface area contributed by atoms with Crippen molar-refractivity contribution in [1.29, 1.82) is 0 Å². The second kappa shape index (κ2) is 5.34. The van der Waals surface area contributed by atoms with Crippen LogP contribution in [0.5, 0.6) is 0 Å². The van der Waals surface area contributed by atoms with Gasteiger partial charge in [0.15, 0.2) is 11.6 Å². The molecule has 0 amide bonds. The summed E-state index contributed by atoms with van der Waals surface area (Å²) in [6.45, 7) is 1.03. The fourth-order valence-corrected chi connectivity index (χ4v) is 0.975. The summed E-state index contributed by atoms with van der Waals surface area (Å²) in [6.07, 6.45) is 6.42. The summed E-state index contributed by atoms with van der Waals surface area (Å²) in [5.74, 6) is -0.545. The molecule has 0 saturated heterocycles. The molecule has 1 heterocycles. The van der Waals surface area contributed by atoms with Crippen molar-refractivity contribution in [2.75, 3.05) is 6.54 Å². The predicted molar refractivity (Wildman–Crippen MR) is 54.2 cm³/mol. The number of rotatable bonds is 0. The molecule has 0 unspecified atom stereocenters. The number of hydrazone groups is 1. The Bertz CT molecular complexity index is 326. The summed E-state index contributed by atoms with van der Waals surface area (Å²) in [5, 5.41) is 3.70. The molecule has 1 N–H and O–H groups in total. The molecule has 2 rings (SSSR count). The van der Waals surface area contributed by atoms with E-state index in [0.717, 1.165) is 25.1 Å². The maximum Gasteiger partial charge on any atom is 0.197 e. The van der Waals surface area contributed by atoms with Crippen molar-refractivity contribution in [3.8, 4) is 0 Å². The Labute approximate surface area is 86.3 Å². The van der Waals surface area contributed by atoms with Crippen molar-refractivity contribution in [1.82, 2.24) is 5.43 Å². The van der Waals surface area contributed by atoms with Crippen LogP contribution in [-0.4, -0.2) is 24.3 Å². The Morgan fingerprint density at radius 3 is 2.50 bits per heavy atom. The highest BCUT2D eigenvalue weighted by Crippen LogP contribution is 2.08. The van der Waals surface area contributed by atoms with Crippen LogP contribution in [0.15, 0.2) is 28.4 Å². The molecule has 2 aliphatic rings. The standard InChI is InChI=1S/C6H3ClO2.C3H6N2/c7-5-3-4(8)1-2-6(5)9;1-2-4-5-3-1/h1-3H;2,5H,1,3H2. The summed E-state index contributed by atoms with van der Waals surface area (Å²) in [4.78, 5) is 20.9. The average molecular weight is 213 g/mol. The van der Waals surface area contributed by atoms with E-state index in [4.69, 9.17) is 11.6 Å². The van der Waals surface area contributed by atoms with Gasteiger partial charge in [0.2, 0.25) is 0 Å². The molecule has 0 saturated carbocycles. The lowest BCUT2D eigenvalue weighted by atomic mass is 10.2. The van der Waals surface area contributed by atoms with Gasteiger partial charge in [-0.15, -0.1) is 0 Å². The summed E-state index contributed by atoms with van der Waals surface area (Å²) < 4.78 is 0. The number of hydrogen-bond donors (Lipinski definition) is 1. The van der Waals surface area contributed by atoms with Gasteiger partial charge in [-0.05, 0) is 12.2 Å². The zero-order chi connectivity index (χ0) is 10.4. The third kappa shape index (κ3) is 3.53. The molecule has 5 heteroatoms. The lowest BCUT2D eigenvalue weighted by Crippen LogP contribution is -2.02. The SMILES string of the molecule is C1=NNCC1.O=C1C=CC(=O)C(Cl)=C1. The van der Waals surface area contributed by atoms with Crippen molar-refractivity contribution in [3.05, 3.63) is 23.3 Å². The van der Waals surface area contributed by atoms with Gasteiger partial charge < -0.3 is 5.43 Å². The van der Waals surface area contributed by atoms with Crippen LogP contribution in [0.2, 0.25) is 0 Å². The van der Waals surface area contributed by atoms with E-state index in [9.17, 15) is 9.59 Å². The van der Waals surface area contributed by atoms with Crippen LogP contribution in [-0.2, 0) is 9.59 Å². The van der Waals surface area contributed by atoms with Gasteiger partial charge in [-0.3, -0.25) is 9.59 Å². The van der Waals surface area contributed by atoms with Crippen LogP contribution in [0.1, 0.15) is 6.42 Å². The van der Waals surface area contributed by atoms with Crippen molar-refractivity contribution >= 4 is 29.4 Å². The minimum absolute atomic E-state index is 0.0116. The largest absolute Gasteiger partial charge is 0.310 e. The molecular weight excluding hydrogens is 204 g/mol. The van der Waals surface area contributed by atoms with Crippen LogP contribution in [0.4, 0.5) is 0 Å². The van der Waals surface area contributed by atoms with E-state index in [2.05, 4.69) is 10.5 Å². The summed E-state index contributed by atoms with van der Waals surface area (Å²) >= 11 is 5.30. The fourth-order valence-electron chi connectivity index (χ4n) is 0.804. The molecule has 1 aliphatic heterocycles. The molecule has 0 fully saturated rings. The van der Waals surface area contributed by atoms with Gasteiger partial charge in [-0.25, -0.2) is 0 Å². The lowest BCUT2D eigenvalue weighted by molar-refractivity contribution is -0.114. The minimum Gasteiger partial charge on any atom is -0.310 e. The molecule has 0 spiro atoms. The van der Waals surface area contributed by atoms with Crippen molar-refractivity contribution in [2.45, 2.75) is 6.42 Å². The molecule has 74 valence electrons. The normalized spacial score (nSPS) is 18.5. The molecule has 0 aromatic rings. The number of carbonyl (C=O) groups is 2. The first-order valence-electron chi connectivity index (χ1n) is 4.08. The molecule has 0 aromatic carbocycles. The number of nitrogens with one attached hydrogen (secondary N) is 1. The topological polar surface area (TPSA) is 58.5 Å². The number of halogens is 1. The Balaban J connectivity index is 0.000000165. The van der Waals surface area contributed by atoms with E-state index < -0.39 is 0 Å². The zero-order valence-electron chi connectivity index (χ0n) is 7.37. The smallest absolute Gasteiger partial charge is 0.197 e. The van der Waals surface area contributed by atoms with E-state index in [1.165, 1.54) is 6.08 Å². The molecule has 0 bridgehead atoms. The van der Waals surface area contributed by atoms with Crippen LogP contribution in [0, 0.1) is 0 Å². The van der Waals surface area contributed by atoms with Gasteiger partial charge in [-0.2, -0.15) is 5.10 Å². The van der Waals surface area contributed by atoms with Crippen LogP contribution >= 0.6 is 11.6 Å². The molecule has 4 nitrogen and oxygen atoms in total. The molecule has 14 heavy (non-hydrogen) atoms. The van der Waals surface area contributed by atoms with E-state index >= 15 is 0 Å². The third-order valence-corrected chi connectivity index (χ3v) is 1.77. The number of carbonyl (C=O) groups excluding carboxylic acids is 2. The van der Waals surface area contributed by atoms with Crippen LogP contribution in [0.3, 0.4) is 0 Å². The summed E-state index contributed by atoms with van der Waals surface area (Å²) in [5.41, 5.74) is 2.79. The summed E-state index contributed by atoms with van der Waals surface area (Å²) in [7, 11) is 0. The third-order valence-electron chi connectivity index (χ3n) is 1.47. The Kier molecular flexibility index (Phi) is 4.07. The van der Waals surface area contributed by atoms with E-state index in [0.29, 0.717) is 0 Å². The van der Waals surface area contributed by atoms with Crippen molar-refractivity contribution in [2.24, 2.45) is 5.10 Å². The first kappa shape index (κ1) is 10.7. The van der Waals surface area contributed by atoms with Crippen LogP contribution in [0.25, 0.3) is 0 Å². The van der Waals surface area contributed by atoms with Crippen molar-refractivity contribution in [3.63, 3.8) is 0 Å². The second-order valence-electron chi connectivity index (χ2n) is 2.60. The summed E-state index contributed by atoms with van der Waals surface area (Å²) in [6, 6.07) is 0. The van der Waals surface area contributed by atoms with E-state index in [-0.39, 0.29) is 16.6 Å². The first-order valence-corrected chi connectivity index (χ1v) is 4.46. The Morgan fingerprint density at radius 1 is 1.36 bits per heavy atom. The highest BCUT2D eigenvalue weighted by Gasteiger charge is 2.08. The van der Waals surface area contributed by atoms with Gasteiger partial charge in [0, 0.05) is 25.3 Å². The monoisotopic (exact) mass is 212 g/mol. The quantitative estimate of drug-likeness (QED) is 0.604. The van der Waals surface area contributed by atoms with Gasteiger partial charge in [0.25, 0.3) is 0 Å². The zero-order valence-corrected chi connectivity index (χ0v) is 8.12. The second-order valence-corrected chi connectivity index (χ2v) is 3.01. The number of hydrogen-bond acceptors (Lipinski definition) is 4. The molecule has 1 aliphatic carbocycles. The minimum atomic E-state index is -0.309. The van der Waals surface area contributed by atoms with Crippen molar-refractivity contribution < 1.29 is 9.59 Å². The van der Waals surface area contributed by atoms with Gasteiger partial charge in [-0.1, -0.05) is 11.6 Å². The molecule has 0 radical (unpaired) electrons. The van der Waals surface area contributed by atoms with E-state index in [1.54, 1.807) is 0 Å². The number of allylic oxidation sites excluding steroid dienone is 4. The maximum absolute atomic E-state index is 10.5. The molecular formula is C9H9ClN2O2.